The lowest BCUT2D eigenvalue weighted by molar-refractivity contribution is -0.138. The van der Waals surface area contributed by atoms with Crippen LogP contribution in [0.5, 0.6) is 0 Å². The second-order valence-corrected chi connectivity index (χ2v) is 6.00. The van der Waals surface area contributed by atoms with Crippen LogP contribution in [0.15, 0.2) is 0 Å². The molecule has 1 fully saturated rings. The molecule has 0 aromatic heterocycles. The lowest BCUT2D eigenvalue weighted by atomic mass is 9.82. The fourth-order valence-corrected chi connectivity index (χ4v) is 2.71. The molecule has 1 amide bonds. The Kier molecular flexibility index (Phi) is 6.32. The number of amides is 1. The Morgan fingerprint density at radius 1 is 1.29 bits per heavy atom. The van der Waals surface area contributed by atoms with Crippen LogP contribution in [0.3, 0.4) is 0 Å². The van der Waals surface area contributed by atoms with Gasteiger partial charge in [-0.2, -0.15) is 0 Å². The average molecular weight is 260 g/mol. The van der Waals surface area contributed by atoms with Crippen molar-refractivity contribution in [2.45, 2.75) is 58.9 Å². The minimum absolute atomic E-state index is 0.268. The SMILES string of the molecule is CC1CCC(C(=O)N(CCCCl)C(C)C)CC1. The second-order valence-electron chi connectivity index (χ2n) is 5.62. The molecule has 1 rings (SSSR count). The lowest BCUT2D eigenvalue weighted by Gasteiger charge is -2.33. The summed E-state index contributed by atoms with van der Waals surface area (Å²) in [5.74, 6) is 2.06. The van der Waals surface area contributed by atoms with E-state index in [9.17, 15) is 4.79 Å². The summed E-state index contributed by atoms with van der Waals surface area (Å²) in [6, 6.07) is 0.296. The van der Waals surface area contributed by atoms with Crippen LogP contribution in [-0.2, 0) is 4.79 Å². The monoisotopic (exact) mass is 259 g/mol. The van der Waals surface area contributed by atoms with Crippen LogP contribution in [0.1, 0.15) is 52.9 Å². The molecule has 3 heteroatoms. The fraction of sp³-hybridized carbons (Fsp3) is 0.929. The molecule has 0 spiro atoms. The van der Waals surface area contributed by atoms with E-state index in [2.05, 4.69) is 20.8 Å². The molecule has 0 radical (unpaired) electrons. The van der Waals surface area contributed by atoms with Gasteiger partial charge in [0.25, 0.3) is 0 Å². The molecule has 2 nitrogen and oxygen atoms in total. The molecule has 0 saturated heterocycles. The normalized spacial score (nSPS) is 25.0. The van der Waals surface area contributed by atoms with Crippen molar-refractivity contribution in [3.8, 4) is 0 Å². The molecule has 0 atom stereocenters. The summed E-state index contributed by atoms with van der Waals surface area (Å²) in [6.45, 7) is 7.29. The van der Waals surface area contributed by atoms with E-state index in [0.717, 1.165) is 31.7 Å². The van der Waals surface area contributed by atoms with Gasteiger partial charge in [-0.3, -0.25) is 4.79 Å². The van der Waals surface area contributed by atoms with Crippen molar-refractivity contribution in [1.29, 1.82) is 0 Å². The van der Waals surface area contributed by atoms with Crippen molar-refractivity contribution < 1.29 is 4.79 Å². The molecule has 1 aliphatic carbocycles. The molecule has 0 bridgehead atoms. The van der Waals surface area contributed by atoms with Gasteiger partial charge in [-0.15, -0.1) is 11.6 Å². The number of carbonyl (C=O) groups is 1. The molecule has 0 aromatic carbocycles. The molecule has 0 unspecified atom stereocenters. The maximum Gasteiger partial charge on any atom is 0.225 e. The van der Waals surface area contributed by atoms with Crippen LogP contribution < -0.4 is 0 Å². The maximum atomic E-state index is 12.4. The van der Waals surface area contributed by atoms with Crippen molar-refractivity contribution in [2.75, 3.05) is 12.4 Å². The van der Waals surface area contributed by atoms with Gasteiger partial charge >= 0.3 is 0 Å². The smallest absolute Gasteiger partial charge is 0.225 e. The van der Waals surface area contributed by atoms with Gasteiger partial charge in [0.2, 0.25) is 5.91 Å². The molecule has 0 N–H and O–H groups in total. The van der Waals surface area contributed by atoms with Crippen LogP contribution in [0.25, 0.3) is 0 Å². The Morgan fingerprint density at radius 2 is 1.88 bits per heavy atom. The molecule has 0 heterocycles. The van der Waals surface area contributed by atoms with Gasteiger partial charge < -0.3 is 4.90 Å². The maximum absolute atomic E-state index is 12.4. The fourth-order valence-electron chi connectivity index (χ4n) is 2.59. The quantitative estimate of drug-likeness (QED) is 0.690. The molecule has 0 aromatic rings. The van der Waals surface area contributed by atoms with Crippen LogP contribution in [-0.4, -0.2) is 29.3 Å². The molecule has 17 heavy (non-hydrogen) atoms. The van der Waals surface area contributed by atoms with Crippen molar-refractivity contribution in [3.05, 3.63) is 0 Å². The summed E-state index contributed by atoms with van der Waals surface area (Å²) in [5.41, 5.74) is 0. The Balaban J connectivity index is 2.52. The first-order chi connectivity index (χ1) is 8.06. The third-order valence-electron chi connectivity index (χ3n) is 3.80. The molecular weight excluding hydrogens is 234 g/mol. The van der Waals surface area contributed by atoms with E-state index in [0.29, 0.717) is 17.8 Å². The number of rotatable bonds is 5. The van der Waals surface area contributed by atoms with Gasteiger partial charge in [0, 0.05) is 24.4 Å². The van der Waals surface area contributed by atoms with E-state index >= 15 is 0 Å². The molecular formula is C14H26ClNO. The van der Waals surface area contributed by atoms with Gasteiger partial charge in [0.1, 0.15) is 0 Å². The van der Waals surface area contributed by atoms with Crippen LogP contribution in [0.4, 0.5) is 0 Å². The van der Waals surface area contributed by atoms with E-state index in [1.54, 1.807) is 0 Å². The van der Waals surface area contributed by atoms with Crippen LogP contribution in [0.2, 0.25) is 0 Å². The largest absolute Gasteiger partial charge is 0.340 e. The van der Waals surface area contributed by atoms with E-state index in [4.69, 9.17) is 11.6 Å². The molecule has 0 aliphatic heterocycles. The second kappa shape index (κ2) is 7.25. The first-order valence-electron chi connectivity index (χ1n) is 6.92. The van der Waals surface area contributed by atoms with Gasteiger partial charge in [0.05, 0.1) is 0 Å². The Hall–Kier alpha value is -0.240. The number of nitrogens with zero attached hydrogens (tertiary/aromatic N) is 1. The molecule has 1 saturated carbocycles. The minimum Gasteiger partial charge on any atom is -0.340 e. The number of hydrogen-bond acceptors (Lipinski definition) is 1. The minimum atomic E-state index is 0.268. The Bertz CT molecular complexity index is 234. The third kappa shape index (κ3) is 4.50. The number of halogens is 1. The van der Waals surface area contributed by atoms with Gasteiger partial charge in [-0.05, 0) is 51.9 Å². The van der Waals surface area contributed by atoms with E-state index < -0.39 is 0 Å². The van der Waals surface area contributed by atoms with Crippen molar-refractivity contribution in [3.63, 3.8) is 0 Å². The Morgan fingerprint density at radius 3 is 2.35 bits per heavy atom. The average Bonchev–Trinajstić information content (AvgIpc) is 2.29. The molecule has 100 valence electrons. The zero-order valence-corrected chi connectivity index (χ0v) is 12.2. The topological polar surface area (TPSA) is 20.3 Å². The number of hydrogen-bond donors (Lipinski definition) is 0. The van der Waals surface area contributed by atoms with Gasteiger partial charge in [0.15, 0.2) is 0 Å². The van der Waals surface area contributed by atoms with Crippen LogP contribution in [0, 0.1) is 11.8 Å². The van der Waals surface area contributed by atoms with Gasteiger partial charge in [-0.25, -0.2) is 0 Å². The highest BCUT2D eigenvalue weighted by Gasteiger charge is 2.28. The van der Waals surface area contributed by atoms with Crippen molar-refractivity contribution in [2.24, 2.45) is 11.8 Å². The summed E-state index contributed by atoms with van der Waals surface area (Å²) in [6.07, 6.45) is 5.46. The van der Waals surface area contributed by atoms with Crippen LogP contribution >= 0.6 is 11.6 Å². The highest BCUT2D eigenvalue weighted by molar-refractivity contribution is 6.17. The number of carbonyl (C=O) groups excluding carboxylic acids is 1. The zero-order chi connectivity index (χ0) is 12.8. The highest BCUT2D eigenvalue weighted by atomic mass is 35.5. The summed E-state index contributed by atoms with van der Waals surface area (Å²) < 4.78 is 0. The van der Waals surface area contributed by atoms with E-state index in [-0.39, 0.29) is 5.92 Å². The van der Waals surface area contributed by atoms with E-state index in [1.807, 2.05) is 4.90 Å². The summed E-state index contributed by atoms with van der Waals surface area (Å²) in [4.78, 5) is 14.5. The summed E-state index contributed by atoms with van der Waals surface area (Å²) in [7, 11) is 0. The number of alkyl halides is 1. The first kappa shape index (κ1) is 14.8. The third-order valence-corrected chi connectivity index (χ3v) is 4.07. The van der Waals surface area contributed by atoms with Crippen molar-refractivity contribution in [1.82, 2.24) is 4.90 Å². The van der Waals surface area contributed by atoms with Crippen molar-refractivity contribution >= 4 is 17.5 Å². The standard InChI is InChI=1S/C14H26ClNO/c1-11(2)16(10-4-9-15)14(17)13-7-5-12(3)6-8-13/h11-13H,4-10H2,1-3H3. The zero-order valence-electron chi connectivity index (χ0n) is 11.4. The van der Waals surface area contributed by atoms with E-state index in [1.165, 1.54) is 12.8 Å². The highest BCUT2D eigenvalue weighted by Crippen LogP contribution is 2.30. The lowest BCUT2D eigenvalue weighted by Crippen LogP contribution is -2.42. The van der Waals surface area contributed by atoms with Gasteiger partial charge in [-0.1, -0.05) is 6.92 Å². The predicted octanol–water partition coefficient (Wildman–Crippen LogP) is 3.68. The summed E-state index contributed by atoms with van der Waals surface area (Å²) in [5, 5.41) is 0. The Labute approximate surface area is 111 Å². The predicted molar refractivity (Wildman–Crippen MR) is 73.3 cm³/mol. The molecule has 1 aliphatic rings. The first-order valence-corrected chi connectivity index (χ1v) is 7.46. The summed E-state index contributed by atoms with van der Waals surface area (Å²) >= 11 is 5.72.